The van der Waals surface area contributed by atoms with Crippen molar-refractivity contribution in [2.45, 2.75) is 39.0 Å². The molecule has 5 nitrogen and oxygen atoms in total. The summed E-state index contributed by atoms with van der Waals surface area (Å²) < 4.78 is 0. The number of aliphatic carboxylic acids is 1. The van der Waals surface area contributed by atoms with Gasteiger partial charge in [-0.25, -0.2) is 0 Å². The summed E-state index contributed by atoms with van der Waals surface area (Å²) in [5.74, 6) is -0.407. The van der Waals surface area contributed by atoms with Gasteiger partial charge in [0.25, 0.3) is 0 Å². The predicted octanol–water partition coefficient (Wildman–Crippen LogP) is 0.733. The monoisotopic (exact) mass is 242 g/mol. The first kappa shape index (κ1) is 14.0. The Balaban J connectivity index is 2.16. The van der Waals surface area contributed by atoms with E-state index in [0.717, 1.165) is 12.8 Å². The lowest BCUT2D eigenvalue weighted by atomic mass is 10.0. The average Bonchev–Trinajstić information content (AvgIpc) is 3.05. The molecule has 98 valence electrons. The van der Waals surface area contributed by atoms with Gasteiger partial charge in [0.2, 0.25) is 5.91 Å². The minimum atomic E-state index is -0.797. The predicted molar refractivity (Wildman–Crippen MR) is 64.4 cm³/mol. The molecule has 0 spiro atoms. The van der Waals surface area contributed by atoms with Crippen LogP contribution >= 0.6 is 0 Å². The second kappa shape index (κ2) is 6.00. The first-order chi connectivity index (χ1) is 8.00. The number of carboxylic acids is 1. The lowest BCUT2D eigenvalue weighted by molar-refractivity contribution is -0.143. The second-order valence-corrected chi connectivity index (χ2v) is 5.08. The number of carbonyl (C=O) groups is 2. The van der Waals surface area contributed by atoms with Crippen molar-refractivity contribution in [3.63, 3.8) is 0 Å². The van der Waals surface area contributed by atoms with Crippen LogP contribution in [0.3, 0.4) is 0 Å². The van der Waals surface area contributed by atoms with Gasteiger partial charge in [-0.1, -0.05) is 6.92 Å². The van der Waals surface area contributed by atoms with Gasteiger partial charge < -0.3 is 16.2 Å². The van der Waals surface area contributed by atoms with Gasteiger partial charge in [-0.3, -0.25) is 9.59 Å². The quantitative estimate of drug-likeness (QED) is 0.585. The van der Waals surface area contributed by atoms with E-state index in [4.69, 9.17) is 10.8 Å². The van der Waals surface area contributed by atoms with Crippen LogP contribution in [0.1, 0.15) is 39.0 Å². The smallest absolute Gasteiger partial charge is 0.311 e. The largest absolute Gasteiger partial charge is 0.481 e. The molecule has 1 aliphatic carbocycles. The highest BCUT2D eigenvalue weighted by molar-refractivity contribution is 5.80. The van der Waals surface area contributed by atoms with Crippen molar-refractivity contribution >= 4 is 11.9 Å². The molecule has 0 heterocycles. The third-order valence-electron chi connectivity index (χ3n) is 3.45. The van der Waals surface area contributed by atoms with Crippen molar-refractivity contribution in [2.24, 2.45) is 17.1 Å². The molecule has 4 N–H and O–H groups in total. The van der Waals surface area contributed by atoms with Gasteiger partial charge in [0.15, 0.2) is 0 Å². The number of nitrogens with one attached hydrogen (secondary N) is 1. The van der Waals surface area contributed by atoms with Crippen molar-refractivity contribution in [3.8, 4) is 0 Å². The highest BCUT2D eigenvalue weighted by Gasteiger charge is 2.50. The Morgan fingerprint density at radius 2 is 2.06 bits per heavy atom. The number of carbonyl (C=O) groups excluding carboxylic acids is 1. The molecule has 1 fully saturated rings. The zero-order chi connectivity index (χ0) is 12.9. The third kappa shape index (κ3) is 4.34. The van der Waals surface area contributed by atoms with Crippen LogP contribution in [0, 0.1) is 11.3 Å². The molecule has 0 aliphatic heterocycles. The lowest BCUT2D eigenvalue weighted by Crippen LogP contribution is -2.34. The summed E-state index contributed by atoms with van der Waals surface area (Å²) in [6.45, 7) is 2.98. The molecule has 5 heteroatoms. The zero-order valence-corrected chi connectivity index (χ0v) is 10.4. The Morgan fingerprint density at radius 1 is 1.41 bits per heavy atom. The highest BCUT2D eigenvalue weighted by Crippen LogP contribution is 2.45. The van der Waals surface area contributed by atoms with E-state index in [1.807, 2.05) is 0 Å². The second-order valence-electron chi connectivity index (χ2n) is 5.08. The Kier molecular flexibility index (Phi) is 4.93. The molecular formula is C12H22N2O3. The summed E-state index contributed by atoms with van der Waals surface area (Å²) in [5, 5.41) is 11.7. The Bertz CT molecular complexity index is 287. The van der Waals surface area contributed by atoms with E-state index in [-0.39, 0.29) is 12.5 Å². The molecule has 1 saturated carbocycles. The molecule has 17 heavy (non-hydrogen) atoms. The maximum atomic E-state index is 11.5. The molecule has 0 bridgehead atoms. The maximum absolute atomic E-state index is 11.5. The van der Waals surface area contributed by atoms with Crippen LogP contribution in [-0.2, 0) is 9.59 Å². The van der Waals surface area contributed by atoms with Crippen molar-refractivity contribution in [3.05, 3.63) is 0 Å². The molecular weight excluding hydrogens is 220 g/mol. The molecule has 0 aromatic carbocycles. The van der Waals surface area contributed by atoms with Gasteiger partial charge in [-0.15, -0.1) is 0 Å². The van der Waals surface area contributed by atoms with E-state index in [1.165, 1.54) is 0 Å². The first-order valence-corrected chi connectivity index (χ1v) is 6.20. The molecule has 0 aromatic rings. The summed E-state index contributed by atoms with van der Waals surface area (Å²) in [6.07, 6.45) is 3.53. The minimum Gasteiger partial charge on any atom is -0.481 e. The fourth-order valence-corrected chi connectivity index (χ4v) is 1.78. The Morgan fingerprint density at radius 3 is 2.53 bits per heavy atom. The summed E-state index contributed by atoms with van der Waals surface area (Å²) in [7, 11) is 0. The summed E-state index contributed by atoms with van der Waals surface area (Å²) in [6, 6.07) is 0. The van der Waals surface area contributed by atoms with E-state index in [1.54, 1.807) is 0 Å². The van der Waals surface area contributed by atoms with E-state index in [2.05, 4.69) is 12.2 Å². The molecule has 0 radical (unpaired) electrons. The molecule has 0 saturated heterocycles. The first-order valence-electron chi connectivity index (χ1n) is 6.20. The maximum Gasteiger partial charge on any atom is 0.311 e. The third-order valence-corrected chi connectivity index (χ3v) is 3.45. The van der Waals surface area contributed by atoms with E-state index >= 15 is 0 Å². The molecule has 0 aromatic heterocycles. The van der Waals surface area contributed by atoms with E-state index in [9.17, 15) is 9.59 Å². The van der Waals surface area contributed by atoms with Crippen molar-refractivity contribution in [1.29, 1.82) is 0 Å². The molecule has 1 atom stereocenters. The van der Waals surface area contributed by atoms with E-state index < -0.39 is 11.4 Å². The van der Waals surface area contributed by atoms with Crippen LogP contribution in [-0.4, -0.2) is 30.1 Å². The Labute approximate surface area is 102 Å². The normalized spacial score (nSPS) is 18.5. The SMILES string of the molecule is CC(CCN)CCC(=O)NCC1(C(=O)O)CC1. The van der Waals surface area contributed by atoms with Gasteiger partial charge in [-0.05, 0) is 38.1 Å². The van der Waals surface area contributed by atoms with Crippen LogP contribution in [0.25, 0.3) is 0 Å². The highest BCUT2D eigenvalue weighted by atomic mass is 16.4. The fraction of sp³-hybridized carbons (Fsp3) is 0.833. The molecule has 1 rings (SSSR count). The van der Waals surface area contributed by atoms with Gasteiger partial charge >= 0.3 is 5.97 Å². The van der Waals surface area contributed by atoms with E-state index in [0.29, 0.717) is 31.7 Å². The number of nitrogens with two attached hydrogens (primary N) is 1. The van der Waals surface area contributed by atoms with Crippen molar-refractivity contribution in [1.82, 2.24) is 5.32 Å². The topological polar surface area (TPSA) is 92.4 Å². The van der Waals surface area contributed by atoms with Gasteiger partial charge in [-0.2, -0.15) is 0 Å². The number of hydrogen-bond acceptors (Lipinski definition) is 3. The zero-order valence-electron chi connectivity index (χ0n) is 10.4. The number of carboxylic acid groups (broad SMARTS) is 1. The van der Waals surface area contributed by atoms with Crippen LogP contribution < -0.4 is 11.1 Å². The van der Waals surface area contributed by atoms with Gasteiger partial charge in [0, 0.05) is 13.0 Å². The molecule has 1 aliphatic rings. The van der Waals surface area contributed by atoms with Crippen LogP contribution in [0.2, 0.25) is 0 Å². The van der Waals surface area contributed by atoms with Gasteiger partial charge in [0.05, 0.1) is 5.41 Å². The van der Waals surface area contributed by atoms with Crippen LogP contribution in [0.4, 0.5) is 0 Å². The number of amides is 1. The van der Waals surface area contributed by atoms with Crippen LogP contribution in [0.15, 0.2) is 0 Å². The Hall–Kier alpha value is -1.10. The van der Waals surface area contributed by atoms with Crippen LogP contribution in [0.5, 0.6) is 0 Å². The summed E-state index contributed by atoms with van der Waals surface area (Å²) >= 11 is 0. The van der Waals surface area contributed by atoms with Crippen molar-refractivity contribution in [2.75, 3.05) is 13.1 Å². The number of hydrogen-bond donors (Lipinski definition) is 3. The molecule has 1 unspecified atom stereocenters. The summed E-state index contributed by atoms with van der Waals surface area (Å²) in [5.41, 5.74) is 4.76. The standard InChI is InChI=1S/C12H22N2O3/c1-9(4-7-13)2-3-10(15)14-8-12(5-6-12)11(16)17/h9H,2-8,13H2,1H3,(H,14,15)(H,16,17). The van der Waals surface area contributed by atoms with Crippen molar-refractivity contribution < 1.29 is 14.7 Å². The number of rotatable bonds is 8. The minimum absolute atomic E-state index is 0.0543. The lowest BCUT2D eigenvalue weighted by Gasteiger charge is -2.12. The van der Waals surface area contributed by atoms with Gasteiger partial charge in [0.1, 0.15) is 0 Å². The fourth-order valence-electron chi connectivity index (χ4n) is 1.78. The average molecular weight is 242 g/mol. The summed E-state index contributed by atoms with van der Waals surface area (Å²) in [4.78, 5) is 22.4. The molecule has 1 amide bonds.